The molecule has 2 aliphatic carbocycles. The number of ketones is 1. The summed E-state index contributed by atoms with van der Waals surface area (Å²) >= 11 is 0. The number of fused-ring (bicyclic) bond motifs is 1. The van der Waals surface area contributed by atoms with Gasteiger partial charge in [-0.3, -0.25) is 14.5 Å². The van der Waals surface area contributed by atoms with E-state index in [0.29, 0.717) is 24.9 Å². The van der Waals surface area contributed by atoms with Crippen LogP contribution in [0.1, 0.15) is 56.5 Å². The second kappa shape index (κ2) is 8.34. The van der Waals surface area contributed by atoms with Crippen LogP contribution in [-0.2, 0) is 27.7 Å². The predicted octanol–water partition coefficient (Wildman–Crippen LogP) is 4.77. The lowest BCUT2D eigenvalue weighted by atomic mass is 9.97. The Morgan fingerprint density at radius 3 is 2.50 bits per heavy atom. The first-order chi connectivity index (χ1) is 14.4. The molecule has 0 saturated heterocycles. The molecule has 1 saturated carbocycles. The first-order valence-electron chi connectivity index (χ1n) is 10.8. The van der Waals surface area contributed by atoms with E-state index in [2.05, 4.69) is 16.9 Å². The van der Waals surface area contributed by atoms with Crippen molar-refractivity contribution in [2.24, 2.45) is 5.92 Å². The summed E-state index contributed by atoms with van der Waals surface area (Å²) in [6, 6.07) is 9.47. The van der Waals surface area contributed by atoms with Crippen molar-refractivity contribution < 1.29 is 13.2 Å². The van der Waals surface area contributed by atoms with Crippen molar-refractivity contribution in [1.82, 2.24) is 4.98 Å². The number of aromatic nitrogens is 1. The molecule has 1 fully saturated rings. The number of rotatable bonds is 9. The number of nitrogens with zero attached hydrogens (tertiary/aromatic N) is 1. The van der Waals surface area contributed by atoms with Gasteiger partial charge in [-0.2, -0.15) is 0 Å². The lowest BCUT2D eigenvalue weighted by Gasteiger charge is -2.16. The Labute approximate surface area is 178 Å². The van der Waals surface area contributed by atoms with Crippen molar-refractivity contribution >= 4 is 27.6 Å². The van der Waals surface area contributed by atoms with E-state index in [-0.39, 0.29) is 11.7 Å². The van der Waals surface area contributed by atoms with Crippen molar-refractivity contribution in [2.45, 2.75) is 57.6 Å². The highest BCUT2D eigenvalue weighted by atomic mass is 32.2. The zero-order chi connectivity index (χ0) is 21.3. The van der Waals surface area contributed by atoms with Gasteiger partial charge in [0, 0.05) is 35.7 Å². The van der Waals surface area contributed by atoms with E-state index in [1.165, 1.54) is 0 Å². The highest BCUT2D eigenvalue weighted by Gasteiger charge is 2.30. The molecule has 0 atom stereocenters. The van der Waals surface area contributed by atoms with E-state index in [1.54, 1.807) is 12.1 Å². The number of benzene rings is 1. The first kappa shape index (κ1) is 20.8. The minimum absolute atomic E-state index is 0.226. The summed E-state index contributed by atoms with van der Waals surface area (Å²) in [5, 5.41) is -0.391. The third kappa shape index (κ3) is 4.33. The molecule has 0 spiro atoms. The molecule has 0 amide bonds. The monoisotopic (exact) mass is 424 g/mol. The third-order valence-corrected chi connectivity index (χ3v) is 8.04. The smallest absolute Gasteiger partial charge is 0.235 e. The maximum absolute atomic E-state index is 12.5. The summed E-state index contributed by atoms with van der Waals surface area (Å²) in [6.45, 7) is 3.78. The van der Waals surface area contributed by atoms with Crippen LogP contribution in [0.3, 0.4) is 0 Å². The van der Waals surface area contributed by atoms with Crippen molar-refractivity contribution in [2.75, 3.05) is 4.72 Å². The van der Waals surface area contributed by atoms with Crippen molar-refractivity contribution in [3.8, 4) is 11.1 Å². The number of Topliss-reactive ketones (excluding diaryl/α,β-unsaturated/α-hetero) is 1. The Bertz CT molecular complexity index is 1080. The predicted molar refractivity (Wildman–Crippen MR) is 121 cm³/mol. The van der Waals surface area contributed by atoms with Crippen LogP contribution in [0.2, 0.25) is 0 Å². The highest BCUT2D eigenvalue weighted by molar-refractivity contribution is 7.93. The van der Waals surface area contributed by atoms with Gasteiger partial charge in [0.15, 0.2) is 0 Å². The topological polar surface area (TPSA) is 76.1 Å². The summed E-state index contributed by atoms with van der Waals surface area (Å²) in [7, 11) is -3.39. The van der Waals surface area contributed by atoms with Crippen molar-refractivity contribution in [1.29, 1.82) is 0 Å². The third-order valence-electron chi connectivity index (χ3n) is 5.98. The molecule has 2 aromatic rings. The summed E-state index contributed by atoms with van der Waals surface area (Å²) in [4.78, 5) is 17.0. The quantitative estimate of drug-likeness (QED) is 0.629. The van der Waals surface area contributed by atoms with Crippen molar-refractivity contribution in [3.05, 3.63) is 53.4 Å². The zero-order valence-corrected chi connectivity index (χ0v) is 18.3. The standard InChI is InChI=1S/C24H28N2O3S/c1-3-20(4-2)30(28,29)26-18-12-10-16(11-13-18)22-14-19(15-24(27)17-8-9-17)25-23-7-5-6-21(22)23/h5-6,10-14,17,20,26H,3-4,7-9,15H2,1-2H3. The van der Waals surface area contributed by atoms with Gasteiger partial charge in [0.1, 0.15) is 5.78 Å². The molecular formula is C24H28N2O3S. The molecule has 4 rings (SSSR count). The van der Waals surface area contributed by atoms with Crippen LogP contribution in [0.25, 0.3) is 17.2 Å². The molecule has 5 nitrogen and oxygen atoms in total. The van der Waals surface area contributed by atoms with Gasteiger partial charge in [-0.25, -0.2) is 8.42 Å². The fourth-order valence-electron chi connectivity index (χ4n) is 4.05. The van der Waals surface area contributed by atoms with Gasteiger partial charge in [0.2, 0.25) is 10.0 Å². The highest BCUT2D eigenvalue weighted by Crippen LogP contribution is 2.34. The number of sulfonamides is 1. The lowest BCUT2D eigenvalue weighted by molar-refractivity contribution is -0.119. The Morgan fingerprint density at radius 1 is 1.17 bits per heavy atom. The molecule has 0 unspecified atom stereocenters. The van der Waals surface area contributed by atoms with Crippen LogP contribution in [0.4, 0.5) is 5.69 Å². The van der Waals surface area contributed by atoms with E-state index < -0.39 is 15.3 Å². The van der Waals surface area contributed by atoms with Gasteiger partial charge >= 0.3 is 0 Å². The number of pyridine rings is 1. The molecule has 2 aliphatic rings. The Morgan fingerprint density at radius 2 is 1.87 bits per heavy atom. The molecule has 158 valence electrons. The fraction of sp³-hybridized carbons (Fsp3) is 0.417. The maximum Gasteiger partial charge on any atom is 0.235 e. The summed E-state index contributed by atoms with van der Waals surface area (Å²) in [5.74, 6) is 0.509. The van der Waals surface area contributed by atoms with Crippen LogP contribution in [0.15, 0.2) is 36.4 Å². The summed E-state index contributed by atoms with van der Waals surface area (Å²) < 4.78 is 27.7. The number of anilines is 1. The Balaban J connectivity index is 1.60. The SMILES string of the molecule is CCC(CC)S(=O)(=O)Nc1ccc(-c2cc(CC(=O)C3CC3)nc3c2C=CC3)cc1. The number of hydrogen-bond donors (Lipinski definition) is 1. The molecule has 30 heavy (non-hydrogen) atoms. The number of allylic oxidation sites excluding steroid dienone is 1. The first-order valence-corrected chi connectivity index (χ1v) is 12.3. The molecule has 1 N–H and O–H groups in total. The van der Waals surface area contributed by atoms with Gasteiger partial charge in [0.25, 0.3) is 0 Å². The van der Waals surface area contributed by atoms with E-state index in [1.807, 2.05) is 32.0 Å². The van der Waals surface area contributed by atoms with E-state index in [9.17, 15) is 13.2 Å². The average molecular weight is 425 g/mol. The molecule has 1 heterocycles. The molecule has 6 heteroatoms. The molecular weight excluding hydrogens is 396 g/mol. The second-order valence-corrected chi connectivity index (χ2v) is 10.2. The second-order valence-electron chi connectivity index (χ2n) is 8.21. The van der Waals surface area contributed by atoms with Crippen LogP contribution in [0.5, 0.6) is 0 Å². The average Bonchev–Trinajstić information content (AvgIpc) is 3.46. The van der Waals surface area contributed by atoms with Crippen LogP contribution in [-0.4, -0.2) is 24.4 Å². The normalized spacial score (nSPS) is 15.4. The summed E-state index contributed by atoms with van der Waals surface area (Å²) in [6.07, 6.45) is 8.52. The van der Waals surface area contributed by atoms with E-state index >= 15 is 0 Å². The van der Waals surface area contributed by atoms with Crippen LogP contribution in [0, 0.1) is 5.92 Å². The van der Waals surface area contributed by atoms with Gasteiger partial charge in [0.05, 0.1) is 10.9 Å². The fourth-order valence-corrected chi connectivity index (χ4v) is 5.56. The van der Waals surface area contributed by atoms with Crippen LogP contribution < -0.4 is 4.72 Å². The summed E-state index contributed by atoms with van der Waals surface area (Å²) in [5.41, 5.74) is 5.51. The number of carbonyl (C=O) groups is 1. The number of carbonyl (C=O) groups excluding carboxylic acids is 1. The molecule has 1 aromatic carbocycles. The lowest BCUT2D eigenvalue weighted by Crippen LogP contribution is -2.26. The Hall–Kier alpha value is -2.47. The molecule has 0 bridgehead atoms. The molecule has 0 aliphatic heterocycles. The molecule has 1 aromatic heterocycles. The van der Waals surface area contributed by atoms with Gasteiger partial charge in [-0.1, -0.05) is 38.1 Å². The Kier molecular flexibility index (Phi) is 5.78. The number of nitrogens with one attached hydrogen (secondary N) is 1. The van der Waals surface area contributed by atoms with Gasteiger partial charge in [-0.05, 0) is 55.0 Å². The largest absolute Gasteiger partial charge is 0.299 e. The zero-order valence-electron chi connectivity index (χ0n) is 17.5. The van der Waals surface area contributed by atoms with Crippen LogP contribution >= 0.6 is 0 Å². The van der Waals surface area contributed by atoms with Crippen molar-refractivity contribution in [3.63, 3.8) is 0 Å². The van der Waals surface area contributed by atoms with E-state index in [4.69, 9.17) is 4.98 Å². The maximum atomic E-state index is 12.5. The van der Waals surface area contributed by atoms with E-state index in [0.717, 1.165) is 47.3 Å². The minimum atomic E-state index is -3.39. The minimum Gasteiger partial charge on any atom is -0.299 e. The van der Waals surface area contributed by atoms with Gasteiger partial charge in [-0.15, -0.1) is 0 Å². The number of hydrogen-bond acceptors (Lipinski definition) is 4. The molecule has 0 radical (unpaired) electrons. The van der Waals surface area contributed by atoms with Gasteiger partial charge < -0.3 is 0 Å².